The van der Waals surface area contributed by atoms with Gasteiger partial charge in [-0.15, -0.1) is 0 Å². The van der Waals surface area contributed by atoms with Crippen molar-refractivity contribution >= 4 is 33.4 Å². The monoisotopic (exact) mass is 274 g/mol. The Kier molecular flexibility index (Phi) is 3.63. The van der Waals surface area contributed by atoms with Crippen LogP contribution in [-0.2, 0) is 9.59 Å². The lowest BCUT2D eigenvalue weighted by Crippen LogP contribution is -2.66. The molecule has 2 fully saturated rings. The molecule has 17 heavy (non-hydrogen) atoms. The van der Waals surface area contributed by atoms with E-state index in [0.29, 0.717) is 0 Å². The van der Waals surface area contributed by atoms with Crippen LogP contribution in [-0.4, -0.2) is 51.9 Å². The fraction of sp³-hybridized carbons (Fsp3) is 0.818. The SMILES string of the molecule is CCSSC12CCCN1C(=O)C(C)N(C)C2=O. The molecule has 0 aliphatic carbocycles. The van der Waals surface area contributed by atoms with Gasteiger partial charge in [-0.3, -0.25) is 9.59 Å². The van der Waals surface area contributed by atoms with Gasteiger partial charge in [-0.1, -0.05) is 28.5 Å². The Balaban J connectivity index is 2.32. The van der Waals surface area contributed by atoms with Gasteiger partial charge in [0.25, 0.3) is 5.91 Å². The first kappa shape index (κ1) is 13.1. The highest BCUT2D eigenvalue weighted by molar-refractivity contribution is 8.77. The molecule has 2 rings (SSSR count). The second kappa shape index (κ2) is 4.72. The topological polar surface area (TPSA) is 40.6 Å². The predicted octanol–water partition coefficient (Wildman–Crippen LogP) is 1.57. The Morgan fingerprint density at radius 2 is 2.18 bits per heavy atom. The smallest absolute Gasteiger partial charge is 0.260 e. The maximum Gasteiger partial charge on any atom is 0.260 e. The van der Waals surface area contributed by atoms with Crippen molar-refractivity contribution in [3.8, 4) is 0 Å². The number of carbonyl (C=O) groups is 2. The molecule has 0 aromatic carbocycles. The Bertz CT molecular complexity index is 350. The standard InChI is InChI=1S/C11H18N2O2S2/c1-4-16-17-11-6-5-7-13(11)9(14)8(2)12(3)10(11)15/h8H,4-7H2,1-3H3. The highest BCUT2D eigenvalue weighted by atomic mass is 33.1. The van der Waals surface area contributed by atoms with E-state index in [1.54, 1.807) is 45.4 Å². The van der Waals surface area contributed by atoms with Gasteiger partial charge in [-0.2, -0.15) is 0 Å². The van der Waals surface area contributed by atoms with E-state index in [4.69, 9.17) is 0 Å². The molecule has 0 N–H and O–H groups in total. The van der Waals surface area contributed by atoms with Crippen LogP contribution in [0.4, 0.5) is 0 Å². The maximum atomic E-state index is 12.5. The third-order valence-electron chi connectivity index (χ3n) is 3.51. The summed E-state index contributed by atoms with van der Waals surface area (Å²) in [4.78, 5) is 27.5. The number of hydrogen-bond donors (Lipinski definition) is 0. The number of nitrogens with zero attached hydrogens (tertiary/aromatic N) is 2. The first-order valence-electron chi connectivity index (χ1n) is 5.94. The van der Waals surface area contributed by atoms with Crippen molar-refractivity contribution in [2.45, 2.75) is 37.6 Å². The highest BCUT2D eigenvalue weighted by Gasteiger charge is 2.57. The van der Waals surface area contributed by atoms with E-state index in [0.717, 1.165) is 25.1 Å². The number of fused-ring (bicyclic) bond motifs is 1. The Morgan fingerprint density at radius 3 is 2.82 bits per heavy atom. The van der Waals surface area contributed by atoms with Crippen molar-refractivity contribution in [1.82, 2.24) is 9.80 Å². The lowest BCUT2D eigenvalue weighted by molar-refractivity contribution is -0.158. The molecule has 2 heterocycles. The molecule has 6 heteroatoms. The van der Waals surface area contributed by atoms with E-state index in [1.165, 1.54) is 0 Å². The zero-order valence-electron chi connectivity index (χ0n) is 10.4. The Morgan fingerprint density at radius 1 is 1.47 bits per heavy atom. The molecule has 0 aromatic rings. The quantitative estimate of drug-likeness (QED) is 0.733. The number of carbonyl (C=O) groups excluding carboxylic acids is 2. The molecule has 0 aromatic heterocycles. The highest BCUT2D eigenvalue weighted by Crippen LogP contribution is 2.48. The van der Waals surface area contributed by atoms with Crippen molar-refractivity contribution in [3.05, 3.63) is 0 Å². The summed E-state index contributed by atoms with van der Waals surface area (Å²) in [6, 6.07) is -0.319. The average Bonchev–Trinajstić information content (AvgIpc) is 2.76. The van der Waals surface area contributed by atoms with Crippen molar-refractivity contribution in [2.24, 2.45) is 0 Å². The molecule has 0 saturated carbocycles. The third-order valence-corrected chi connectivity index (χ3v) is 6.62. The minimum atomic E-state index is -0.626. The van der Waals surface area contributed by atoms with Crippen LogP contribution >= 0.6 is 21.6 Å². The van der Waals surface area contributed by atoms with Crippen molar-refractivity contribution in [1.29, 1.82) is 0 Å². The molecule has 2 unspecified atom stereocenters. The fourth-order valence-electron chi connectivity index (χ4n) is 2.42. The number of rotatable bonds is 3. The molecule has 2 saturated heterocycles. The van der Waals surface area contributed by atoms with Gasteiger partial charge in [0.05, 0.1) is 0 Å². The van der Waals surface area contributed by atoms with Crippen molar-refractivity contribution < 1.29 is 9.59 Å². The molecule has 4 nitrogen and oxygen atoms in total. The summed E-state index contributed by atoms with van der Waals surface area (Å²) in [5, 5.41) is 0. The van der Waals surface area contributed by atoms with E-state index in [9.17, 15) is 9.59 Å². The first-order valence-corrected chi connectivity index (χ1v) is 8.26. The zero-order valence-corrected chi connectivity index (χ0v) is 12.1. The van der Waals surface area contributed by atoms with Crippen LogP contribution in [0.25, 0.3) is 0 Å². The van der Waals surface area contributed by atoms with E-state index < -0.39 is 4.87 Å². The van der Waals surface area contributed by atoms with E-state index in [2.05, 4.69) is 6.92 Å². The molecular formula is C11H18N2O2S2. The minimum absolute atomic E-state index is 0.0908. The number of likely N-dealkylation sites (N-methyl/N-ethyl adjacent to an activating group) is 1. The van der Waals surface area contributed by atoms with Gasteiger partial charge in [-0.25, -0.2) is 0 Å². The lowest BCUT2D eigenvalue weighted by atomic mass is 10.1. The van der Waals surface area contributed by atoms with Gasteiger partial charge in [0.15, 0.2) is 4.87 Å². The molecule has 96 valence electrons. The average molecular weight is 274 g/mol. The van der Waals surface area contributed by atoms with Gasteiger partial charge in [0.2, 0.25) is 5.91 Å². The van der Waals surface area contributed by atoms with Crippen LogP contribution in [0.15, 0.2) is 0 Å². The molecule has 0 spiro atoms. The molecular weight excluding hydrogens is 256 g/mol. The number of amides is 2. The summed E-state index contributed by atoms with van der Waals surface area (Å²) in [5.74, 6) is 1.13. The van der Waals surface area contributed by atoms with Gasteiger partial charge >= 0.3 is 0 Å². The minimum Gasteiger partial charge on any atom is -0.331 e. The molecule has 2 aliphatic heterocycles. The van der Waals surface area contributed by atoms with Gasteiger partial charge in [0.1, 0.15) is 6.04 Å². The normalized spacial score (nSPS) is 33.2. The van der Waals surface area contributed by atoms with Crippen LogP contribution in [0, 0.1) is 0 Å². The van der Waals surface area contributed by atoms with Crippen LogP contribution in [0.1, 0.15) is 26.7 Å². The van der Waals surface area contributed by atoms with Crippen molar-refractivity contribution in [3.63, 3.8) is 0 Å². The summed E-state index contributed by atoms with van der Waals surface area (Å²) in [7, 11) is 4.97. The summed E-state index contributed by atoms with van der Waals surface area (Å²) in [6.45, 7) is 4.59. The van der Waals surface area contributed by atoms with Gasteiger partial charge in [0, 0.05) is 19.3 Å². The Labute approximate surface area is 110 Å². The predicted molar refractivity (Wildman–Crippen MR) is 71.6 cm³/mol. The maximum absolute atomic E-state index is 12.5. The first-order chi connectivity index (χ1) is 8.04. The summed E-state index contributed by atoms with van der Waals surface area (Å²) in [5.41, 5.74) is 0. The van der Waals surface area contributed by atoms with Gasteiger partial charge < -0.3 is 9.80 Å². The van der Waals surface area contributed by atoms with E-state index in [-0.39, 0.29) is 17.9 Å². The zero-order chi connectivity index (χ0) is 12.6. The molecule has 2 aliphatic rings. The van der Waals surface area contributed by atoms with Crippen LogP contribution in [0.2, 0.25) is 0 Å². The second-order valence-corrected chi connectivity index (χ2v) is 7.32. The largest absolute Gasteiger partial charge is 0.331 e. The molecule has 2 amide bonds. The fourth-order valence-corrected chi connectivity index (χ4v) is 5.12. The van der Waals surface area contributed by atoms with Crippen LogP contribution in [0.5, 0.6) is 0 Å². The molecule has 0 radical (unpaired) electrons. The molecule has 2 atom stereocenters. The van der Waals surface area contributed by atoms with Crippen molar-refractivity contribution in [2.75, 3.05) is 19.3 Å². The van der Waals surface area contributed by atoms with Crippen LogP contribution < -0.4 is 0 Å². The second-order valence-electron chi connectivity index (χ2n) is 4.46. The Hall–Kier alpha value is -0.360. The number of hydrogen-bond acceptors (Lipinski definition) is 4. The van der Waals surface area contributed by atoms with Crippen LogP contribution in [0.3, 0.4) is 0 Å². The van der Waals surface area contributed by atoms with E-state index >= 15 is 0 Å². The van der Waals surface area contributed by atoms with Gasteiger partial charge in [-0.05, 0) is 19.8 Å². The summed E-state index contributed by atoms with van der Waals surface area (Å²) >= 11 is 0. The summed E-state index contributed by atoms with van der Waals surface area (Å²) in [6.07, 6.45) is 1.71. The molecule has 0 bridgehead atoms. The third kappa shape index (κ3) is 1.85. The van der Waals surface area contributed by atoms with E-state index in [1.807, 2.05) is 0 Å². The number of piperazine rings is 1. The lowest BCUT2D eigenvalue weighted by Gasteiger charge is -2.46. The summed E-state index contributed by atoms with van der Waals surface area (Å²) < 4.78 is 0.